The number of amides is 3. The number of carbonyl (C=O) groups excluding carboxylic acids is 3. The zero-order chi connectivity index (χ0) is 27.9. The van der Waals surface area contributed by atoms with Crippen molar-refractivity contribution in [3.8, 4) is 0 Å². The highest BCUT2D eigenvalue weighted by Gasteiger charge is 2.32. The molecule has 0 heterocycles. The molecule has 0 aliphatic carbocycles. The lowest BCUT2D eigenvalue weighted by molar-refractivity contribution is -0.136. The Kier molecular flexibility index (Phi) is 15.0. The lowest BCUT2D eigenvalue weighted by atomic mass is 9.92. The van der Waals surface area contributed by atoms with Gasteiger partial charge in [0.05, 0.1) is 18.6 Å². The predicted molar refractivity (Wildman–Crippen MR) is 137 cm³/mol. The van der Waals surface area contributed by atoms with Gasteiger partial charge in [-0.3, -0.25) is 14.4 Å². The number of aliphatic hydroxyl groups excluding tert-OH is 1. The molecule has 0 saturated heterocycles. The van der Waals surface area contributed by atoms with E-state index in [2.05, 4.69) is 34.5 Å². The standard InChI is InChI=1S/C20H29N3O7.C5H13N/c1-12(2)16(23-18(27)20(3,4)11-24)17(26)21-9-15(25)22-14-7-5-13(6-8-14)10-30-19(28)29;1-5(2)3-4-6/h5-8,12,16,24H,9-11H2,1-4H3,(H,21,26)(H,22,25)(H,23,27)(H,28,29);5H,3-4,6H2,1-2H3. The normalized spacial score (nSPS) is 11.7. The summed E-state index contributed by atoms with van der Waals surface area (Å²) in [5, 5.41) is 25.5. The summed E-state index contributed by atoms with van der Waals surface area (Å²) in [4.78, 5) is 47.1. The first-order valence-electron chi connectivity index (χ1n) is 11.9. The van der Waals surface area contributed by atoms with Crippen molar-refractivity contribution < 1.29 is 34.1 Å². The minimum atomic E-state index is -1.38. The Morgan fingerprint density at radius 3 is 2.06 bits per heavy atom. The fourth-order valence-electron chi connectivity index (χ4n) is 2.59. The number of aliphatic hydroxyl groups is 1. The van der Waals surface area contributed by atoms with Crippen molar-refractivity contribution in [2.24, 2.45) is 23.0 Å². The van der Waals surface area contributed by atoms with Crippen molar-refractivity contribution in [2.45, 2.75) is 60.6 Å². The van der Waals surface area contributed by atoms with Crippen molar-refractivity contribution in [2.75, 3.05) is 25.0 Å². The number of hydrogen-bond acceptors (Lipinski definition) is 7. The molecule has 3 amide bonds. The molecule has 11 heteroatoms. The zero-order valence-electron chi connectivity index (χ0n) is 22.1. The molecule has 1 aromatic carbocycles. The van der Waals surface area contributed by atoms with Crippen LogP contribution in [0, 0.1) is 17.3 Å². The van der Waals surface area contributed by atoms with E-state index in [0.717, 1.165) is 18.9 Å². The number of ether oxygens (including phenoxy) is 1. The molecule has 11 nitrogen and oxygen atoms in total. The Labute approximate surface area is 213 Å². The molecule has 0 spiro atoms. The maximum atomic E-state index is 12.4. The quantitative estimate of drug-likeness (QED) is 0.231. The van der Waals surface area contributed by atoms with Crippen molar-refractivity contribution in [1.29, 1.82) is 0 Å². The Bertz CT molecular complexity index is 839. The van der Waals surface area contributed by atoms with Gasteiger partial charge in [-0.25, -0.2) is 4.79 Å². The summed E-state index contributed by atoms with van der Waals surface area (Å²) in [7, 11) is 0. The smallest absolute Gasteiger partial charge is 0.450 e. The number of benzene rings is 1. The molecule has 1 atom stereocenters. The van der Waals surface area contributed by atoms with Gasteiger partial charge in [0.2, 0.25) is 17.7 Å². The lowest BCUT2D eigenvalue weighted by Crippen LogP contribution is -2.54. The highest BCUT2D eigenvalue weighted by Crippen LogP contribution is 2.15. The van der Waals surface area contributed by atoms with E-state index in [9.17, 15) is 24.3 Å². The van der Waals surface area contributed by atoms with Gasteiger partial charge in [-0.2, -0.15) is 0 Å². The van der Waals surface area contributed by atoms with Gasteiger partial charge in [0.15, 0.2) is 0 Å². The number of nitrogens with two attached hydrogens (primary N) is 1. The lowest BCUT2D eigenvalue weighted by Gasteiger charge is -2.27. The molecule has 0 bridgehead atoms. The average molecular weight is 511 g/mol. The third kappa shape index (κ3) is 13.6. The first kappa shape index (κ1) is 32.8. The van der Waals surface area contributed by atoms with Crippen LogP contribution in [0.3, 0.4) is 0 Å². The summed E-state index contributed by atoms with van der Waals surface area (Å²) >= 11 is 0. The highest BCUT2D eigenvalue weighted by molar-refractivity contribution is 5.96. The SMILES string of the molecule is CC(C)C(NC(=O)C(C)(C)CO)C(=O)NCC(=O)Nc1ccc(COC(=O)O)cc1.CC(C)CCN. The maximum absolute atomic E-state index is 12.4. The second kappa shape index (κ2) is 16.5. The summed E-state index contributed by atoms with van der Waals surface area (Å²) < 4.78 is 4.45. The number of anilines is 1. The summed E-state index contributed by atoms with van der Waals surface area (Å²) in [6.45, 7) is 11.0. The van der Waals surface area contributed by atoms with Gasteiger partial charge in [-0.05, 0) is 56.3 Å². The van der Waals surface area contributed by atoms with Gasteiger partial charge in [-0.15, -0.1) is 0 Å². The van der Waals surface area contributed by atoms with E-state index in [4.69, 9.17) is 10.8 Å². The van der Waals surface area contributed by atoms with E-state index in [0.29, 0.717) is 11.3 Å². The average Bonchev–Trinajstić information content (AvgIpc) is 2.80. The first-order chi connectivity index (χ1) is 16.7. The Hall–Kier alpha value is -3.18. The van der Waals surface area contributed by atoms with E-state index in [1.807, 2.05) is 0 Å². The third-order valence-electron chi connectivity index (χ3n) is 5.01. The molecule has 0 saturated carbocycles. The number of hydrogen-bond donors (Lipinski definition) is 6. The predicted octanol–water partition coefficient (Wildman–Crippen LogP) is 2.09. The van der Waals surface area contributed by atoms with Crippen LogP contribution < -0.4 is 21.7 Å². The van der Waals surface area contributed by atoms with E-state index in [-0.39, 0.29) is 25.7 Å². The van der Waals surface area contributed by atoms with Gasteiger partial charge in [0.25, 0.3) is 0 Å². The molecule has 1 unspecified atom stereocenters. The molecule has 204 valence electrons. The first-order valence-corrected chi connectivity index (χ1v) is 11.9. The third-order valence-corrected chi connectivity index (χ3v) is 5.01. The molecule has 1 aromatic rings. The number of carboxylic acid groups (broad SMARTS) is 1. The van der Waals surface area contributed by atoms with Gasteiger partial charge >= 0.3 is 6.16 Å². The minimum Gasteiger partial charge on any atom is -0.450 e. The number of nitrogens with one attached hydrogen (secondary N) is 3. The molecule has 0 aromatic heterocycles. The van der Waals surface area contributed by atoms with Crippen LogP contribution >= 0.6 is 0 Å². The largest absolute Gasteiger partial charge is 0.506 e. The van der Waals surface area contributed by atoms with E-state index in [1.54, 1.807) is 52.0 Å². The van der Waals surface area contributed by atoms with Crippen molar-refractivity contribution in [1.82, 2.24) is 10.6 Å². The van der Waals surface area contributed by atoms with Crippen LogP contribution in [0.5, 0.6) is 0 Å². The van der Waals surface area contributed by atoms with Crippen LogP contribution in [0.1, 0.15) is 53.5 Å². The molecule has 36 heavy (non-hydrogen) atoms. The Morgan fingerprint density at radius 1 is 1.06 bits per heavy atom. The molecule has 1 rings (SSSR count). The van der Waals surface area contributed by atoms with Gasteiger partial charge < -0.3 is 36.6 Å². The Balaban J connectivity index is 0.00000181. The highest BCUT2D eigenvalue weighted by atomic mass is 16.7. The molecule has 0 radical (unpaired) electrons. The molecular formula is C25H42N4O7. The number of carbonyl (C=O) groups is 4. The summed E-state index contributed by atoms with van der Waals surface area (Å²) in [5.74, 6) is -0.900. The van der Waals surface area contributed by atoms with Gasteiger partial charge in [0, 0.05) is 5.69 Å². The van der Waals surface area contributed by atoms with Crippen molar-refractivity contribution in [3.05, 3.63) is 29.8 Å². The maximum Gasteiger partial charge on any atom is 0.506 e. The van der Waals surface area contributed by atoms with Crippen LogP contribution in [0.25, 0.3) is 0 Å². The molecular weight excluding hydrogens is 468 g/mol. The van der Waals surface area contributed by atoms with Crippen LogP contribution in [-0.2, 0) is 25.7 Å². The van der Waals surface area contributed by atoms with E-state index >= 15 is 0 Å². The van der Waals surface area contributed by atoms with E-state index < -0.39 is 35.3 Å². The molecule has 0 aliphatic heterocycles. The van der Waals surface area contributed by atoms with Crippen LogP contribution in [0.2, 0.25) is 0 Å². The van der Waals surface area contributed by atoms with Crippen molar-refractivity contribution in [3.63, 3.8) is 0 Å². The van der Waals surface area contributed by atoms with Gasteiger partial charge in [0.1, 0.15) is 12.6 Å². The monoisotopic (exact) mass is 510 g/mol. The molecule has 0 fully saturated rings. The zero-order valence-corrected chi connectivity index (χ0v) is 22.1. The number of rotatable bonds is 12. The minimum absolute atomic E-state index is 0.102. The van der Waals surface area contributed by atoms with Crippen LogP contribution in [0.15, 0.2) is 24.3 Å². The topological polar surface area (TPSA) is 180 Å². The fourth-order valence-corrected chi connectivity index (χ4v) is 2.59. The summed E-state index contributed by atoms with van der Waals surface area (Å²) in [5.41, 5.74) is 5.27. The second-order valence-electron chi connectivity index (χ2n) is 9.73. The molecule has 0 aliphatic rings. The summed E-state index contributed by atoms with van der Waals surface area (Å²) in [6.07, 6.45) is -0.223. The van der Waals surface area contributed by atoms with Gasteiger partial charge in [-0.1, -0.05) is 39.8 Å². The van der Waals surface area contributed by atoms with E-state index in [1.165, 1.54) is 0 Å². The second-order valence-corrected chi connectivity index (χ2v) is 9.73. The Morgan fingerprint density at radius 2 is 1.64 bits per heavy atom. The fraction of sp³-hybridized carbons (Fsp3) is 0.600. The van der Waals surface area contributed by atoms with Crippen LogP contribution in [-0.4, -0.2) is 59.8 Å². The summed E-state index contributed by atoms with van der Waals surface area (Å²) in [6, 6.07) is 5.50. The van der Waals surface area contributed by atoms with Crippen molar-refractivity contribution >= 4 is 29.6 Å². The molecule has 7 N–H and O–H groups in total. The van der Waals surface area contributed by atoms with Crippen LogP contribution in [0.4, 0.5) is 10.5 Å².